The van der Waals surface area contributed by atoms with Gasteiger partial charge in [0, 0.05) is 17.0 Å². The van der Waals surface area contributed by atoms with Crippen LogP contribution in [0.15, 0.2) is 72.1 Å². The summed E-state index contributed by atoms with van der Waals surface area (Å²) < 4.78 is 22.1. The third-order valence-electron chi connectivity index (χ3n) is 5.67. The van der Waals surface area contributed by atoms with Crippen molar-refractivity contribution >= 4 is 28.5 Å². The van der Waals surface area contributed by atoms with E-state index < -0.39 is 0 Å². The molecule has 0 aliphatic heterocycles. The van der Waals surface area contributed by atoms with Crippen LogP contribution in [0.25, 0.3) is 17.3 Å². The maximum Gasteiger partial charge on any atom is 0.250 e. The van der Waals surface area contributed by atoms with Gasteiger partial charge in [0.15, 0.2) is 28.1 Å². The number of thiazole rings is 1. The van der Waals surface area contributed by atoms with Gasteiger partial charge in [-0.25, -0.2) is 4.98 Å². The fraction of sp³-hybridized carbons (Fsp3) is 0.172. The molecule has 0 aliphatic rings. The second-order valence-electron chi connectivity index (χ2n) is 8.06. The van der Waals surface area contributed by atoms with Crippen molar-refractivity contribution in [3.8, 4) is 34.3 Å². The second-order valence-corrected chi connectivity index (χ2v) is 8.91. The molecule has 1 amide bonds. The number of benzene rings is 3. The zero-order valence-corrected chi connectivity index (χ0v) is 21.9. The van der Waals surface area contributed by atoms with Gasteiger partial charge in [-0.05, 0) is 60.0 Å². The molecule has 37 heavy (non-hydrogen) atoms. The minimum absolute atomic E-state index is 0.285. The van der Waals surface area contributed by atoms with Crippen molar-refractivity contribution < 1.29 is 23.7 Å². The van der Waals surface area contributed by atoms with Crippen LogP contribution in [-0.4, -0.2) is 32.2 Å². The van der Waals surface area contributed by atoms with Crippen LogP contribution >= 0.6 is 11.3 Å². The molecular formula is C29H28N2O5S. The van der Waals surface area contributed by atoms with Crippen LogP contribution < -0.4 is 24.3 Å². The van der Waals surface area contributed by atoms with E-state index in [1.807, 2.05) is 60.0 Å². The quantitative estimate of drug-likeness (QED) is 0.247. The first-order valence-electron chi connectivity index (χ1n) is 11.5. The van der Waals surface area contributed by atoms with Gasteiger partial charge >= 0.3 is 0 Å². The van der Waals surface area contributed by atoms with Crippen molar-refractivity contribution in [2.45, 2.75) is 13.5 Å². The van der Waals surface area contributed by atoms with Crippen LogP contribution in [-0.2, 0) is 11.4 Å². The van der Waals surface area contributed by atoms with Crippen molar-refractivity contribution in [2.24, 2.45) is 0 Å². The number of nitrogens with one attached hydrogen (secondary N) is 1. The lowest BCUT2D eigenvalue weighted by Gasteiger charge is -2.12. The fourth-order valence-corrected chi connectivity index (χ4v) is 4.34. The first-order chi connectivity index (χ1) is 18.0. The average Bonchev–Trinajstić information content (AvgIpc) is 3.39. The summed E-state index contributed by atoms with van der Waals surface area (Å²) in [5.41, 5.74) is 4.68. The molecule has 8 heteroatoms. The molecule has 0 atom stereocenters. The summed E-state index contributed by atoms with van der Waals surface area (Å²) in [5.74, 6) is 2.20. The minimum atomic E-state index is -0.285. The van der Waals surface area contributed by atoms with Crippen LogP contribution in [0.1, 0.15) is 16.7 Å². The molecule has 0 saturated carbocycles. The Balaban J connectivity index is 1.38. The molecule has 7 nitrogen and oxygen atoms in total. The fourth-order valence-electron chi connectivity index (χ4n) is 3.61. The molecule has 1 heterocycles. The predicted molar refractivity (Wildman–Crippen MR) is 147 cm³/mol. The Kier molecular flexibility index (Phi) is 8.43. The highest BCUT2D eigenvalue weighted by atomic mass is 32.1. The third-order valence-corrected chi connectivity index (χ3v) is 6.43. The molecule has 0 fully saturated rings. The second kappa shape index (κ2) is 12.1. The van der Waals surface area contributed by atoms with Gasteiger partial charge in [-0.3, -0.25) is 10.1 Å². The van der Waals surface area contributed by atoms with Crippen LogP contribution in [0.2, 0.25) is 0 Å². The average molecular weight is 517 g/mol. The van der Waals surface area contributed by atoms with Crippen LogP contribution in [0.3, 0.4) is 0 Å². The summed E-state index contributed by atoms with van der Waals surface area (Å²) in [4.78, 5) is 17.0. The summed E-state index contributed by atoms with van der Waals surface area (Å²) in [6.07, 6.45) is 3.17. The van der Waals surface area contributed by atoms with Crippen LogP contribution in [0.4, 0.5) is 5.13 Å². The number of ether oxygens (including phenoxy) is 4. The summed E-state index contributed by atoms with van der Waals surface area (Å²) in [7, 11) is 4.77. The van der Waals surface area contributed by atoms with Crippen molar-refractivity contribution in [2.75, 3.05) is 26.6 Å². The number of aromatic nitrogens is 1. The molecular weight excluding hydrogens is 488 g/mol. The van der Waals surface area contributed by atoms with Gasteiger partial charge in [0.25, 0.3) is 0 Å². The molecule has 0 spiro atoms. The van der Waals surface area contributed by atoms with E-state index >= 15 is 0 Å². The van der Waals surface area contributed by atoms with Gasteiger partial charge in [-0.1, -0.05) is 30.3 Å². The summed E-state index contributed by atoms with van der Waals surface area (Å²) in [6, 6.07) is 19.2. The van der Waals surface area contributed by atoms with E-state index in [1.165, 1.54) is 23.0 Å². The zero-order valence-electron chi connectivity index (χ0n) is 21.1. The van der Waals surface area contributed by atoms with Gasteiger partial charge in [0.1, 0.15) is 6.61 Å². The molecule has 4 rings (SSSR count). The molecule has 0 aliphatic carbocycles. The van der Waals surface area contributed by atoms with E-state index in [1.54, 1.807) is 27.4 Å². The van der Waals surface area contributed by atoms with Gasteiger partial charge < -0.3 is 18.9 Å². The highest BCUT2D eigenvalue weighted by Gasteiger charge is 2.11. The molecule has 1 N–H and O–H groups in total. The first-order valence-corrected chi connectivity index (χ1v) is 12.4. The highest BCUT2D eigenvalue weighted by Crippen LogP contribution is 2.33. The number of aryl methyl sites for hydroxylation is 1. The van der Waals surface area contributed by atoms with Gasteiger partial charge in [0.05, 0.1) is 27.0 Å². The van der Waals surface area contributed by atoms with Crippen LogP contribution in [0, 0.1) is 6.92 Å². The number of nitrogens with zero attached hydrogens (tertiary/aromatic N) is 1. The molecule has 0 saturated heterocycles. The summed E-state index contributed by atoms with van der Waals surface area (Å²) in [5, 5.41) is 5.18. The van der Waals surface area contributed by atoms with E-state index in [4.69, 9.17) is 18.9 Å². The van der Waals surface area contributed by atoms with Gasteiger partial charge in [0.2, 0.25) is 5.91 Å². The van der Waals surface area contributed by atoms with Crippen LogP contribution in [0.5, 0.6) is 23.0 Å². The Morgan fingerprint density at radius 3 is 2.41 bits per heavy atom. The number of carbonyl (C=O) groups excluding carboxylic acids is 1. The molecule has 1 aromatic heterocycles. The Hall–Kier alpha value is -4.30. The highest BCUT2D eigenvalue weighted by molar-refractivity contribution is 7.14. The SMILES string of the molecule is COc1ccc(-c2csc(NC(=O)/C=C/c3ccc(OCc4ccccc4C)c(OC)c3)n2)cc1OC. The molecule has 190 valence electrons. The lowest BCUT2D eigenvalue weighted by atomic mass is 10.1. The molecule has 0 unspecified atom stereocenters. The Labute approximate surface area is 220 Å². The number of methoxy groups -OCH3 is 3. The Morgan fingerprint density at radius 2 is 1.65 bits per heavy atom. The monoisotopic (exact) mass is 516 g/mol. The van der Waals surface area contributed by atoms with E-state index in [-0.39, 0.29) is 5.91 Å². The zero-order chi connectivity index (χ0) is 26.2. The van der Waals surface area contributed by atoms with Crippen molar-refractivity contribution in [1.29, 1.82) is 0 Å². The molecule has 0 bridgehead atoms. The molecule has 4 aromatic rings. The van der Waals surface area contributed by atoms with Gasteiger partial charge in [-0.15, -0.1) is 11.3 Å². The maximum absolute atomic E-state index is 12.5. The number of amides is 1. The molecule has 3 aromatic carbocycles. The Bertz CT molecular complexity index is 1410. The lowest BCUT2D eigenvalue weighted by molar-refractivity contribution is -0.111. The van der Waals surface area contributed by atoms with E-state index in [2.05, 4.69) is 23.3 Å². The smallest absolute Gasteiger partial charge is 0.250 e. The lowest BCUT2D eigenvalue weighted by Crippen LogP contribution is -2.07. The van der Waals surface area contributed by atoms with E-state index in [0.29, 0.717) is 34.7 Å². The van der Waals surface area contributed by atoms with Gasteiger partial charge in [-0.2, -0.15) is 0 Å². The van der Waals surface area contributed by atoms with Crippen molar-refractivity contribution in [3.05, 3.63) is 88.8 Å². The summed E-state index contributed by atoms with van der Waals surface area (Å²) in [6.45, 7) is 2.50. The number of anilines is 1. The van der Waals surface area contributed by atoms with Crippen molar-refractivity contribution in [3.63, 3.8) is 0 Å². The predicted octanol–water partition coefficient (Wildman–Crippen LogP) is 6.38. The standard InChI is InChI=1S/C29H28N2O5S/c1-19-7-5-6-8-22(19)17-36-25-12-9-20(15-26(25)34-3)10-14-28(32)31-29-30-23(18-37-29)21-11-13-24(33-2)27(16-21)35-4/h5-16,18H,17H2,1-4H3,(H,30,31,32)/b14-10+. The first kappa shape index (κ1) is 25.8. The normalized spacial score (nSPS) is 10.8. The molecule has 0 radical (unpaired) electrons. The largest absolute Gasteiger partial charge is 0.493 e. The summed E-state index contributed by atoms with van der Waals surface area (Å²) >= 11 is 1.34. The topological polar surface area (TPSA) is 78.9 Å². The minimum Gasteiger partial charge on any atom is -0.493 e. The maximum atomic E-state index is 12.5. The number of hydrogen-bond donors (Lipinski definition) is 1. The number of hydrogen-bond acceptors (Lipinski definition) is 7. The third kappa shape index (κ3) is 6.48. The Morgan fingerprint density at radius 1 is 0.919 bits per heavy atom. The van der Waals surface area contributed by atoms with E-state index in [9.17, 15) is 4.79 Å². The number of rotatable bonds is 10. The van der Waals surface area contributed by atoms with Crippen molar-refractivity contribution in [1.82, 2.24) is 4.98 Å². The number of carbonyl (C=O) groups is 1. The van der Waals surface area contributed by atoms with E-state index in [0.717, 1.165) is 22.4 Å².